The lowest BCUT2D eigenvalue weighted by Gasteiger charge is -2.18. The molecule has 102 valence electrons. The minimum Gasteiger partial charge on any atom is -0.348 e. The summed E-state index contributed by atoms with van der Waals surface area (Å²) in [4.78, 5) is 16.3. The van der Waals surface area contributed by atoms with E-state index in [4.69, 9.17) is 11.6 Å². The van der Waals surface area contributed by atoms with Crippen LogP contribution in [0.5, 0.6) is 0 Å². The summed E-state index contributed by atoms with van der Waals surface area (Å²) < 4.78 is 1.19. The summed E-state index contributed by atoms with van der Waals surface area (Å²) in [6.45, 7) is 1.09. The molecule has 1 aromatic heterocycles. The summed E-state index contributed by atoms with van der Waals surface area (Å²) in [7, 11) is 5.47. The summed E-state index contributed by atoms with van der Waals surface area (Å²) in [6.07, 6.45) is 0. The third-order valence-electron chi connectivity index (χ3n) is 2.92. The van der Waals surface area contributed by atoms with Gasteiger partial charge < -0.3 is 4.90 Å². The lowest BCUT2D eigenvalue weighted by Crippen LogP contribution is -2.33. The van der Waals surface area contributed by atoms with Crippen molar-refractivity contribution < 1.29 is 4.79 Å². The highest BCUT2D eigenvalue weighted by Gasteiger charge is 2.14. The van der Waals surface area contributed by atoms with Crippen LogP contribution in [0.4, 0.5) is 0 Å². The molecule has 0 aliphatic carbocycles. The van der Waals surface area contributed by atoms with E-state index in [0.29, 0.717) is 13.1 Å². The van der Waals surface area contributed by atoms with Crippen molar-refractivity contribution in [1.29, 1.82) is 0 Å². The molecule has 0 saturated carbocycles. The third-order valence-corrected chi connectivity index (χ3v) is 4.62. The minimum absolute atomic E-state index is 0.0970. The Kier molecular flexibility index (Phi) is 4.45. The molecule has 2 rings (SSSR count). The molecule has 0 atom stereocenters. The maximum Gasteiger partial charge on any atom is 0.236 e. The van der Waals surface area contributed by atoms with E-state index in [0.717, 1.165) is 15.3 Å². The van der Waals surface area contributed by atoms with E-state index in [1.54, 1.807) is 30.3 Å². The number of halogens is 1. The lowest BCUT2D eigenvalue weighted by atomic mass is 10.2. The highest BCUT2D eigenvalue weighted by Crippen LogP contribution is 2.35. The molecule has 2 aromatic rings. The van der Waals surface area contributed by atoms with Gasteiger partial charge >= 0.3 is 0 Å². The molecule has 0 radical (unpaired) electrons. The molecule has 1 aromatic carbocycles. The topological polar surface area (TPSA) is 23.6 Å². The Labute approximate surface area is 122 Å². The number of fused-ring (bicyclic) bond motifs is 1. The van der Waals surface area contributed by atoms with E-state index >= 15 is 0 Å². The number of likely N-dealkylation sites (N-methyl/N-ethyl adjacent to an activating group) is 2. The van der Waals surface area contributed by atoms with Gasteiger partial charge in [-0.25, -0.2) is 0 Å². The summed E-state index contributed by atoms with van der Waals surface area (Å²) in [6, 6.07) is 8.10. The predicted molar refractivity (Wildman–Crippen MR) is 81.9 cm³/mol. The molecule has 0 fully saturated rings. The van der Waals surface area contributed by atoms with E-state index in [1.807, 2.05) is 30.1 Å². The van der Waals surface area contributed by atoms with Crippen molar-refractivity contribution in [2.75, 3.05) is 27.7 Å². The maximum absolute atomic E-state index is 11.7. The van der Waals surface area contributed by atoms with Crippen molar-refractivity contribution in [2.45, 2.75) is 6.54 Å². The van der Waals surface area contributed by atoms with Crippen LogP contribution in [-0.2, 0) is 11.3 Å². The van der Waals surface area contributed by atoms with Crippen molar-refractivity contribution in [3.8, 4) is 0 Å². The van der Waals surface area contributed by atoms with Crippen LogP contribution in [0.25, 0.3) is 10.1 Å². The Morgan fingerprint density at radius 3 is 2.58 bits per heavy atom. The molecule has 19 heavy (non-hydrogen) atoms. The number of benzene rings is 1. The van der Waals surface area contributed by atoms with Crippen LogP contribution in [0.1, 0.15) is 4.88 Å². The molecule has 1 heterocycles. The number of nitrogens with zero attached hydrogens (tertiary/aromatic N) is 2. The highest BCUT2D eigenvalue weighted by atomic mass is 35.5. The number of hydrogen-bond acceptors (Lipinski definition) is 3. The molecule has 0 unspecified atom stereocenters. The van der Waals surface area contributed by atoms with Gasteiger partial charge in [0.1, 0.15) is 0 Å². The third kappa shape index (κ3) is 3.26. The van der Waals surface area contributed by atoms with Crippen LogP contribution in [0.2, 0.25) is 5.02 Å². The van der Waals surface area contributed by atoms with Crippen molar-refractivity contribution in [3.63, 3.8) is 0 Å². The molecule has 5 heteroatoms. The zero-order chi connectivity index (χ0) is 14.0. The highest BCUT2D eigenvalue weighted by molar-refractivity contribution is 7.19. The fraction of sp³-hybridized carbons (Fsp3) is 0.357. The Morgan fingerprint density at radius 2 is 1.95 bits per heavy atom. The van der Waals surface area contributed by atoms with E-state index in [9.17, 15) is 4.79 Å². The van der Waals surface area contributed by atoms with E-state index in [2.05, 4.69) is 6.07 Å². The second kappa shape index (κ2) is 5.90. The van der Waals surface area contributed by atoms with Crippen molar-refractivity contribution in [1.82, 2.24) is 9.80 Å². The number of carbonyl (C=O) groups is 1. The first-order valence-corrected chi connectivity index (χ1v) is 7.23. The quantitative estimate of drug-likeness (QED) is 0.866. The van der Waals surface area contributed by atoms with Crippen LogP contribution in [0, 0.1) is 0 Å². The summed E-state index contributed by atoms with van der Waals surface area (Å²) in [5, 5.41) is 1.90. The molecule has 0 N–H and O–H groups in total. The fourth-order valence-corrected chi connectivity index (χ4v) is 3.41. The van der Waals surface area contributed by atoms with Gasteiger partial charge in [0.2, 0.25) is 5.91 Å². The molecule has 1 amide bonds. The molecule has 0 spiro atoms. The number of amides is 1. The second-order valence-electron chi connectivity index (χ2n) is 4.80. The van der Waals surface area contributed by atoms with Crippen molar-refractivity contribution in [2.24, 2.45) is 0 Å². The largest absolute Gasteiger partial charge is 0.348 e. The minimum atomic E-state index is 0.0970. The van der Waals surface area contributed by atoms with Crippen LogP contribution < -0.4 is 0 Å². The maximum atomic E-state index is 11.7. The van der Waals surface area contributed by atoms with Gasteiger partial charge in [-0.05, 0) is 13.1 Å². The molecular weight excluding hydrogens is 280 g/mol. The van der Waals surface area contributed by atoms with Crippen LogP contribution in [0.3, 0.4) is 0 Å². The summed E-state index contributed by atoms with van der Waals surface area (Å²) in [5.74, 6) is 0.0970. The normalized spacial score (nSPS) is 11.2. The first-order chi connectivity index (χ1) is 8.99. The number of carbonyl (C=O) groups excluding carboxylic acids is 1. The van der Waals surface area contributed by atoms with Crippen molar-refractivity contribution in [3.05, 3.63) is 34.2 Å². The average Bonchev–Trinajstić information content (AvgIpc) is 2.66. The molecule has 0 bridgehead atoms. The molecule has 0 saturated heterocycles. The Morgan fingerprint density at radius 1 is 1.26 bits per heavy atom. The molecule has 0 aliphatic rings. The van der Waals surface area contributed by atoms with E-state index in [1.165, 1.54) is 4.70 Å². The number of hydrogen-bond donors (Lipinski definition) is 0. The fourth-order valence-electron chi connectivity index (χ4n) is 1.84. The van der Waals surface area contributed by atoms with Gasteiger partial charge in [-0.2, -0.15) is 0 Å². The molecule has 3 nitrogen and oxygen atoms in total. The van der Waals surface area contributed by atoms with Gasteiger partial charge in [-0.1, -0.05) is 29.8 Å². The lowest BCUT2D eigenvalue weighted by molar-refractivity contribution is -0.129. The van der Waals surface area contributed by atoms with Crippen molar-refractivity contribution >= 4 is 38.9 Å². The monoisotopic (exact) mass is 296 g/mol. The van der Waals surface area contributed by atoms with Gasteiger partial charge in [0.05, 0.1) is 11.6 Å². The van der Waals surface area contributed by atoms with Gasteiger partial charge in [-0.3, -0.25) is 9.69 Å². The van der Waals surface area contributed by atoms with Gasteiger partial charge in [0.15, 0.2) is 0 Å². The average molecular weight is 297 g/mol. The number of rotatable bonds is 4. The smallest absolute Gasteiger partial charge is 0.236 e. The van der Waals surface area contributed by atoms with Gasteiger partial charge in [0.25, 0.3) is 0 Å². The summed E-state index contributed by atoms with van der Waals surface area (Å²) in [5.41, 5.74) is 0. The Hall–Kier alpha value is -1.10. The summed E-state index contributed by atoms with van der Waals surface area (Å²) >= 11 is 8.08. The standard InChI is InChI=1S/C14H17ClN2OS/c1-16(2)13(18)9-17(3)8-12-14(15)10-6-4-5-7-11(10)19-12/h4-7H,8-9H2,1-3H3. The van der Waals surface area contributed by atoms with E-state index < -0.39 is 0 Å². The molecular formula is C14H17ClN2OS. The van der Waals surface area contributed by atoms with Gasteiger partial charge in [-0.15, -0.1) is 11.3 Å². The second-order valence-corrected chi connectivity index (χ2v) is 6.31. The van der Waals surface area contributed by atoms with E-state index in [-0.39, 0.29) is 5.91 Å². The van der Waals surface area contributed by atoms with Crippen LogP contribution in [0.15, 0.2) is 24.3 Å². The zero-order valence-electron chi connectivity index (χ0n) is 11.3. The first kappa shape index (κ1) is 14.3. The van der Waals surface area contributed by atoms with Crippen LogP contribution >= 0.6 is 22.9 Å². The van der Waals surface area contributed by atoms with Gasteiger partial charge in [0, 0.05) is 35.6 Å². The Balaban J connectivity index is 2.13. The first-order valence-electron chi connectivity index (χ1n) is 6.03. The molecule has 0 aliphatic heterocycles. The van der Waals surface area contributed by atoms with Crippen LogP contribution in [-0.4, -0.2) is 43.4 Å². The zero-order valence-corrected chi connectivity index (χ0v) is 12.9. The predicted octanol–water partition coefficient (Wildman–Crippen LogP) is 3.07. The number of thiophene rings is 1. The SMILES string of the molecule is CN(CC(=O)N(C)C)Cc1sc2ccccc2c1Cl. The Bertz CT molecular complexity index is 594.